The fourth-order valence-electron chi connectivity index (χ4n) is 15.2. The summed E-state index contributed by atoms with van der Waals surface area (Å²) in [5, 5.41) is 0. The zero-order valence-electron chi connectivity index (χ0n) is 37.5. The second-order valence-electron chi connectivity index (χ2n) is 20.7. The molecule has 0 aliphatic heterocycles. The van der Waals surface area contributed by atoms with E-state index in [1.54, 1.807) is 5.56 Å². The molecule has 2 saturated carbocycles. The van der Waals surface area contributed by atoms with Gasteiger partial charge in [0.1, 0.15) is 0 Å². The van der Waals surface area contributed by atoms with Crippen molar-refractivity contribution in [2.24, 2.45) is 11.8 Å². The molecule has 0 aromatic heterocycles. The average Bonchev–Trinajstić information content (AvgIpc) is 4.21. The van der Waals surface area contributed by atoms with Crippen LogP contribution < -0.4 is 4.90 Å². The van der Waals surface area contributed by atoms with Crippen LogP contribution in [0.3, 0.4) is 0 Å². The van der Waals surface area contributed by atoms with E-state index >= 15 is 0 Å². The van der Waals surface area contributed by atoms with Gasteiger partial charge in [-0.3, -0.25) is 0 Å². The van der Waals surface area contributed by atoms with Crippen LogP contribution in [0, 0.1) is 11.8 Å². The molecule has 6 aliphatic rings. The first-order chi connectivity index (χ1) is 32.5. The first-order valence-electron chi connectivity index (χ1n) is 24.3. The monoisotopic (exact) mass is 843 g/mol. The molecular formula is C65H49N. The number of para-hydroxylation sites is 1. The van der Waals surface area contributed by atoms with Gasteiger partial charge in [0.05, 0.1) is 16.8 Å². The van der Waals surface area contributed by atoms with E-state index in [4.69, 9.17) is 0 Å². The maximum atomic E-state index is 2.68. The summed E-state index contributed by atoms with van der Waals surface area (Å²) in [6.07, 6.45) is 5.29. The van der Waals surface area contributed by atoms with Crippen molar-refractivity contribution in [3.05, 3.63) is 245 Å². The number of fused-ring (bicyclic) bond motifs is 21. The van der Waals surface area contributed by atoms with Crippen LogP contribution in [0.25, 0.3) is 55.6 Å². The second kappa shape index (κ2) is 13.0. The molecule has 1 heteroatoms. The van der Waals surface area contributed by atoms with Crippen LogP contribution in [0.5, 0.6) is 0 Å². The summed E-state index contributed by atoms with van der Waals surface area (Å²) in [6.45, 7) is 4.85. The Hall–Kier alpha value is -7.22. The largest absolute Gasteiger partial charge is 0.309 e. The Morgan fingerprint density at radius 2 is 0.879 bits per heavy atom. The van der Waals surface area contributed by atoms with Gasteiger partial charge in [0.25, 0.3) is 0 Å². The van der Waals surface area contributed by atoms with Crippen molar-refractivity contribution >= 4 is 17.1 Å². The van der Waals surface area contributed by atoms with E-state index in [-0.39, 0.29) is 10.8 Å². The number of benzene rings is 9. The minimum atomic E-state index is -0.441. The van der Waals surface area contributed by atoms with Gasteiger partial charge < -0.3 is 4.90 Å². The van der Waals surface area contributed by atoms with Crippen molar-refractivity contribution < 1.29 is 0 Å². The summed E-state index contributed by atoms with van der Waals surface area (Å²) in [7, 11) is 0. The Balaban J connectivity index is 1.03. The predicted molar refractivity (Wildman–Crippen MR) is 272 cm³/mol. The summed E-state index contributed by atoms with van der Waals surface area (Å²) >= 11 is 0. The van der Waals surface area contributed by atoms with Gasteiger partial charge in [0, 0.05) is 27.6 Å². The smallest absolute Gasteiger partial charge is 0.0726 e. The lowest BCUT2D eigenvalue weighted by molar-refractivity contribution is 0.327. The van der Waals surface area contributed by atoms with Crippen LogP contribution in [0.15, 0.2) is 200 Å². The van der Waals surface area contributed by atoms with E-state index in [0.29, 0.717) is 5.92 Å². The molecule has 9 aromatic rings. The van der Waals surface area contributed by atoms with E-state index in [0.717, 1.165) is 5.92 Å². The van der Waals surface area contributed by atoms with Crippen molar-refractivity contribution in [2.75, 3.05) is 4.90 Å². The quantitative estimate of drug-likeness (QED) is 0.171. The van der Waals surface area contributed by atoms with Crippen LogP contribution >= 0.6 is 0 Å². The zero-order valence-corrected chi connectivity index (χ0v) is 37.5. The minimum Gasteiger partial charge on any atom is -0.309 e. The van der Waals surface area contributed by atoms with E-state index in [1.807, 2.05) is 0 Å². The normalized spacial score (nSPS) is 20.6. The summed E-state index contributed by atoms with van der Waals surface area (Å²) < 4.78 is 0. The highest BCUT2D eigenvalue weighted by atomic mass is 15.1. The molecule has 3 atom stereocenters. The number of hydrogen-bond acceptors (Lipinski definition) is 1. The van der Waals surface area contributed by atoms with E-state index in [9.17, 15) is 0 Å². The van der Waals surface area contributed by atoms with E-state index < -0.39 is 5.41 Å². The number of anilines is 3. The van der Waals surface area contributed by atoms with Crippen molar-refractivity contribution in [3.8, 4) is 55.6 Å². The number of rotatable bonds is 4. The fourth-order valence-corrected chi connectivity index (χ4v) is 15.2. The maximum Gasteiger partial charge on any atom is 0.0726 e. The van der Waals surface area contributed by atoms with Crippen LogP contribution in [0.2, 0.25) is 0 Å². The molecule has 2 spiro atoms. The third kappa shape index (κ3) is 4.43. The first kappa shape index (κ1) is 37.0. The summed E-state index contributed by atoms with van der Waals surface area (Å²) in [5.41, 5.74) is 27.9. The molecule has 1 nitrogen and oxygen atoms in total. The standard InChI is InChI=1S/C65H49N/c1-63(2)52-25-9-3-20-46(52)49-23-15-24-50(62(49)63)48-21-8-14-31-59(48)66(42-35-36-47-43-17-4-10-26-53(43)64(58(47)38-42)39-40-33-34-41(64)37-40)60-32-16-30-57-61(60)51-22-7-13-29-56(51)65(57)54-27-11-5-18-44(54)45-19-6-12-28-55(45)65/h3-32,35-36,38,40-41H,33-34,37,39H2,1-2H3. The molecule has 0 radical (unpaired) electrons. The van der Waals surface area contributed by atoms with Gasteiger partial charge in [-0.15, -0.1) is 0 Å². The van der Waals surface area contributed by atoms with Crippen LogP contribution in [-0.2, 0) is 16.2 Å². The Morgan fingerprint density at radius 3 is 1.55 bits per heavy atom. The topological polar surface area (TPSA) is 3.24 Å². The molecule has 0 saturated heterocycles. The molecule has 15 rings (SSSR count). The molecular weight excluding hydrogens is 795 g/mol. The number of hydrogen-bond donors (Lipinski definition) is 0. The highest BCUT2D eigenvalue weighted by Crippen LogP contribution is 2.68. The molecule has 3 unspecified atom stereocenters. The average molecular weight is 844 g/mol. The van der Waals surface area contributed by atoms with Crippen molar-refractivity contribution in [3.63, 3.8) is 0 Å². The molecule has 2 fully saturated rings. The minimum absolute atomic E-state index is 0.0542. The molecule has 0 heterocycles. The Labute approximate surface area is 388 Å². The lowest BCUT2D eigenvalue weighted by Crippen LogP contribution is -2.32. The third-order valence-electron chi connectivity index (χ3n) is 17.5. The van der Waals surface area contributed by atoms with Crippen molar-refractivity contribution in [1.29, 1.82) is 0 Å². The van der Waals surface area contributed by atoms with Gasteiger partial charge >= 0.3 is 0 Å². The highest BCUT2D eigenvalue weighted by molar-refractivity contribution is 6.03. The first-order valence-corrected chi connectivity index (χ1v) is 24.3. The predicted octanol–water partition coefficient (Wildman–Crippen LogP) is 16.6. The van der Waals surface area contributed by atoms with Crippen molar-refractivity contribution in [2.45, 2.75) is 55.8 Å². The molecule has 0 amide bonds. The SMILES string of the molecule is CC1(C)c2ccccc2-c2cccc(-c3ccccc3N(c3ccc4c(c3)C3(CC5CCC3C5)c3ccccc3-4)c3cccc4c3-c3ccccc3C43c4ccccc4-c4ccccc43)c21. The third-order valence-corrected chi connectivity index (χ3v) is 17.5. The second-order valence-corrected chi connectivity index (χ2v) is 20.7. The highest BCUT2D eigenvalue weighted by Gasteiger charge is 2.57. The summed E-state index contributed by atoms with van der Waals surface area (Å²) in [5.74, 6) is 1.47. The zero-order chi connectivity index (χ0) is 43.5. The molecule has 66 heavy (non-hydrogen) atoms. The van der Waals surface area contributed by atoms with E-state index in [2.05, 4.69) is 219 Å². The van der Waals surface area contributed by atoms with Gasteiger partial charge in [0.15, 0.2) is 0 Å². The van der Waals surface area contributed by atoms with Crippen LogP contribution in [0.4, 0.5) is 17.1 Å². The summed E-state index contributed by atoms with van der Waals surface area (Å²) in [6, 6.07) is 77.3. The Bertz CT molecular complexity index is 3520. The molecule has 6 aliphatic carbocycles. The number of nitrogens with zero attached hydrogens (tertiary/aromatic N) is 1. The maximum absolute atomic E-state index is 2.68. The van der Waals surface area contributed by atoms with E-state index in [1.165, 1.54) is 137 Å². The lowest BCUT2D eigenvalue weighted by atomic mass is 9.67. The molecule has 0 N–H and O–H groups in total. The van der Waals surface area contributed by atoms with Gasteiger partial charge in [-0.1, -0.05) is 196 Å². The lowest BCUT2D eigenvalue weighted by Gasteiger charge is -2.37. The van der Waals surface area contributed by atoms with Crippen LogP contribution in [-0.4, -0.2) is 0 Å². The Kier molecular flexibility index (Phi) is 7.29. The van der Waals surface area contributed by atoms with Gasteiger partial charge in [-0.25, -0.2) is 0 Å². The van der Waals surface area contributed by atoms with Gasteiger partial charge in [-0.2, -0.15) is 0 Å². The van der Waals surface area contributed by atoms with Crippen LogP contribution in [0.1, 0.15) is 84.0 Å². The van der Waals surface area contributed by atoms with Crippen molar-refractivity contribution in [1.82, 2.24) is 0 Å². The van der Waals surface area contributed by atoms with Gasteiger partial charge in [0.2, 0.25) is 0 Å². The summed E-state index contributed by atoms with van der Waals surface area (Å²) in [4.78, 5) is 2.68. The molecule has 314 valence electrons. The fraction of sp³-hybridized carbons (Fsp3) is 0.169. The molecule has 2 bridgehead atoms. The molecule has 9 aromatic carbocycles. The Morgan fingerprint density at radius 1 is 0.394 bits per heavy atom. The van der Waals surface area contributed by atoms with Gasteiger partial charge in [-0.05, 0) is 144 Å².